The zero-order valence-electron chi connectivity index (χ0n) is 8.39. The van der Waals surface area contributed by atoms with Gasteiger partial charge in [0.15, 0.2) is 0 Å². The summed E-state index contributed by atoms with van der Waals surface area (Å²) in [6.07, 6.45) is 0. The monoisotopic (exact) mass is 228 g/mol. The smallest absolute Gasteiger partial charge is 0.287 e. The van der Waals surface area contributed by atoms with Gasteiger partial charge in [-0.15, -0.1) is 0 Å². The molecule has 0 spiro atoms. The van der Waals surface area contributed by atoms with E-state index in [1.165, 1.54) is 5.19 Å². The summed E-state index contributed by atoms with van der Waals surface area (Å²) >= 11 is 0. The highest BCUT2D eigenvalue weighted by atomic mass is 29.2. The van der Waals surface area contributed by atoms with Crippen LogP contribution in [0.15, 0.2) is 60.7 Å². The Labute approximate surface area is 93.1 Å². The molecule has 74 valence electrons. The molecule has 0 radical (unpaired) electrons. The van der Waals surface area contributed by atoms with E-state index in [0.717, 1.165) is 5.19 Å². The van der Waals surface area contributed by atoms with E-state index in [1.807, 2.05) is 48.5 Å². The molecule has 2 rings (SSSR count). The molecule has 0 N–H and O–H groups in total. The molecule has 0 saturated carbocycles. The normalized spacial score (nSPS) is 10.7. The third-order valence-electron chi connectivity index (χ3n) is 2.30. The molecule has 0 fully saturated rings. The first-order valence-electron chi connectivity index (χ1n) is 4.98. The minimum Gasteiger partial charge on any atom is -0.387 e. The fourth-order valence-corrected chi connectivity index (χ4v) is 6.29. The lowest BCUT2D eigenvalue weighted by atomic mass is 10.4. The fourth-order valence-electron chi connectivity index (χ4n) is 1.51. The van der Waals surface area contributed by atoms with Gasteiger partial charge in [0.05, 0.1) is 0 Å². The molecule has 2 aromatic carbocycles. The van der Waals surface area contributed by atoms with E-state index in [2.05, 4.69) is 12.1 Å². The standard InChI is InChI=1S/C12H12OSi2/c13-15(12-9-5-2-6-10-12)14-11-7-3-1-4-8-11/h1-10H,14H2. The molecule has 0 amide bonds. The van der Waals surface area contributed by atoms with Crippen LogP contribution >= 0.6 is 0 Å². The lowest BCUT2D eigenvalue weighted by Crippen LogP contribution is -2.34. The Kier molecular flexibility index (Phi) is 3.37. The zero-order chi connectivity index (χ0) is 10.5. The number of rotatable bonds is 3. The third kappa shape index (κ3) is 2.81. The van der Waals surface area contributed by atoms with Crippen molar-refractivity contribution in [3.63, 3.8) is 0 Å². The molecule has 0 unspecified atom stereocenters. The summed E-state index contributed by atoms with van der Waals surface area (Å²) in [5, 5.41) is 2.31. The van der Waals surface area contributed by atoms with Gasteiger partial charge >= 0.3 is 0 Å². The SMILES string of the molecule is O=[Si]([SiH2]c1ccccc1)c1ccccc1. The van der Waals surface area contributed by atoms with Gasteiger partial charge in [-0.1, -0.05) is 65.9 Å². The van der Waals surface area contributed by atoms with Crippen molar-refractivity contribution >= 4 is 27.6 Å². The number of hydrogen-bond donors (Lipinski definition) is 0. The first kappa shape index (κ1) is 10.2. The van der Waals surface area contributed by atoms with E-state index in [1.54, 1.807) is 0 Å². The second kappa shape index (κ2) is 4.95. The molecule has 0 saturated heterocycles. The maximum atomic E-state index is 12.1. The van der Waals surface area contributed by atoms with Crippen LogP contribution in [0.4, 0.5) is 0 Å². The highest BCUT2D eigenvalue weighted by molar-refractivity contribution is 7.16. The van der Waals surface area contributed by atoms with Crippen LogP contribution < -0.4 is 10.4 Å². The molecule has 0 aromatic heterocycles. The Morgan fingerprint density at radius 1 is 0.800 bits per heavy atom. The predicted octanol–water partition coefficient (Wildman–Crippen LogP) is 0.307. The van der Waals surface area contributed by atoms with E-state index in [0.29, 0.717) is 0 Å². The zero-order valence-corrected chi connectivity index (χ0v) is 10.8. The Hall–Kier alpha value is -1.33. The van der Waals surface area contributed by atoms with Gasteiger partial charge in [-0.3, -0.25) is 0 Å². The van der Waals surface area contributed by atoms with Crippen molar-refractivity contribution in [1.29, 1.82) is 0 Å². The number of hydrogen-bond acceptors (Lipinski definition) is 1. The van der Waals surface area contributed by atoms with Crippen molar-refractivity contribution in [2.24, 2.45) is 0 Å². The molecule has 2 aromatic rings. The highest BCUT2D eigenvalue weighted by Gasteiger charge is 2.09. The summed E-state index contributed by atoms with van der Waals surface area (Å²) in [6, 6.07) is 20.0. The minimum absolute atomic E-state index is 0.639. The fraction of sp³-hybridized carbons (Fsp3) is 0. The van der Waals surface area contributed by atoms with Crippen LogP contribution in [0.3, 0.4) is 0 Å². The third-order valence-corrected chi connectivity index (χ3v) is 7.89. The molecule has 0 bridgehead atoms. The molecule has 0 atom stereocenters. The second-order valence-corrected chi connectivity index (χ2v) is 9.03. The van der Waals surface area contributed by atoms with Crippen molar-refractivity contribution in [2.45, 2.75) is 0 Å². The molecule has 0 aliphatic carbocycles. The van der Waals surface area contributed by atoms with E-state index in [4.69, 9.17) is 0 Å². The lowest BCUT2D eigenvalue weighted by molar-refractivity contribution is 0.579. The van der Waals surface area contributed by atoms with Gasteiger partial charge in [-0.05, 0) is 5.19 Å². The summed E-state index contributed by atoms with van der Waals surface area (Å²) < 4.78 is 12.1. The van der Waals surface area contributed by atoms with Gasteiger partial charge < -0.3 is 4.46 Å². The van der Waals surface area contributed by atoms with E-state index in [-0.39, 0.29) is 0 Å². The topological polar surface area (TPSA) is 17.1 Å². The predicted molar refractivity (Wildman–Crippen MR) is 67.1 cm³/mol. The molecule has 3 heteroatoms. The Bertz CT molecular complexity index is 440. The largest absolute Gasteiger partial charge is 0.387 e. The van der Waals surface area contributed by atoms with Crippen LogP contribution in [0.5, 0.6) is 0 Å². The maximum Gasteiger partial charge on any atom is 0.287 e. The summed E-state index contributed by atoms with van der Waals surface area (Å²) in [7, 11) is -2.17. The lowest BCUT2D eigenvalue weighted by Gasteiger charge is -1.98. The van der Waals surface area contributed by atoms with Crippen LogP contribution in [0.25, 0.3) is 0 Å². The van der Waals surface area contributed by atoms with Crippen LogP contribution in [0.2, 0.25) is 0 Å². The molecule has 1 nitrogen and oxygen atoms in total. The first-order chi connectivity index (χ1) is 7.36. The van der Waals surface area contributed by atoms with Gasteiger partial charge in [-0.25, -0.2) is 0 Å². The summed E-state index contributed by atoms with van der Waals surface area (Å²) in [4.78, 5) is 0. The van der Waals surface area contributed by atoms with Crippen LogP contribution in [-0.4, -0.2) is 17.2 Å². The van der Waals surface area contributed by atoms with E-state index < -0.39 is 17.2 Å². The molecule has 0 aliphatic rings. The summed E-state index contributed by atoms with van der Waals surface area (Å²) in [5.41, 5.74) is 0. The van der Waals surface area contributed by atoms with Crippen LogP contribution in [0.1, 0.15) is 0 Å². The van der Waals surface area contributed by atoms with Crippen molar-refractivity contribution in [2.75, 3.05) is 0 Å². The molecule has 0 aliphatic heterocycles. The van der Waals surface area contributed by atoms with Crippen LogP contribution in [-0.2, 0) is 4.46 Å². The molecular formula is C12H12OSi2. The second-order valence-electron chi connectivity index (χ2n) is 3.45. The number of benzene rings is 2. The Balaban J connectivity index is 2.12. The van der Waals surface area contributed by atoms with Crippen molar-refractivity contribution in [3.8, 4) is 0 Å². The quantitative estimate of drug-likeness (QED) is 0.691. The minimum atomic E-state index is -1.53. The van der Waals surface area contributed by atoms with Gasteiger partial charge in [0.2, 0.25) is 0 Å². The van der Waals surface area contributed by atoms with Gasteiger partial charge in [0.1, 0.15) is 9.04 Å². The molecular weight excluding hydrogens is 216 g/mol. The van der Waals surface area contributed by atoms with Gasteiger partial charge in [0, 0.05) is 0 Å². The Morgan fingerprint density at radius 2 is 1.33 bits per heavy atom. The maximum absolute atomic E-state index is 12.1. The average Bonchev–Trinajstić information content (AvgIpc) is 2.31. The van der Waals surface area contributed by atoms with Crippen LogP contribution in [0, 0.1) is 0 Å². The molecule has 0 heterocycles. The van der Waals surface area contributed by atoms with Crippen molar-refractivity contribution < 1.29 is 4.46 Å². The Morgan fingerprint density at radius 3 is 1.93 bits per heavy atom. The van der Waals surface area contributed by atoms with E-state index >= 15 is 0 Å². The summed E-state index contributed by atoms with van der Waals surface area (Å²) in [6.45, 7) is 0. The average molecular weight is 228 g/mol. The first-order valence-corrected chi connectivity index (χ1v) is 9.43. The van der Waals surface area contributed by atoms with Gasteiger partial charge in [0.25, 0.3) is 8.20 Å². The summed E-state index contributed by atoms with van der Waals surface area (Å²) in [5.74, 6) is 0. The molecule has 15 heavy (non-hydrogen) atoms. The van der Waals surface area contributed by atoms with Gasteiger partial charge in [-0.2, -0.15) is 0 Å². The van der Waals surface area contributed by atoms with Crippen molar-refractivity contribution in [3.05, 3.63) is 60.7 Å². The van der Waals surface area contributed by atoms with E-state index in [9.17, 15) is 4.46 Å². The van der Waals surface area contributed by atoms with Crippen molar-refractivity contribution in [1.82, 2.24) is 0 Å². The highest BCUT2D eigenvalue weighted by Crippen LogP contribution is 1.85.